The first-order valence-corrected chi connectivity index (χ1v) is 11.6. The third-order valence-corrected chi connectivity index (χ3v) is 5.52. The van der Waals surface area contributed by atoms with Gasteiger partial charge in [-0.15, -0.1) is 5.56 Å². The molecule has 0 bridgehead atoms. The zero-order chi connectivity index (χ0) is 23.6. The maximum Gasteiger partial charge on any atom is 4.00 e. The SMILES string of the molecule is COc1cccc(C(OP(=O)([O-])[O-])=C(I)C(N=[N+]=[N-])[c-]2cccc2)c1OC.[Fe+4].c1cc[cH-]c1. The average Bonchev–Trinajstić information content (AvgIpc) is 3.51. The molecule has 3 rings (SSSR count). The summed E-state index contributed by atoms with van der Waals surface area (Å²) in [5.41, 5.74) is 9.69. The molecule has 0 aliphatic carbocycles. The molecule has 0 heterocycles. The van der Waals surface area contributed by atoms with Crippen LogP contribution in [-0.2, 0) is 26.2 Å². The van der Waals surface area contributed by atoms with Gasteiger partial charge < -0.3 is 28.3 Å². The van der Waals surface area contributed by atoms with Crippen molar-refractivity contribution < 1.29 is 45.4 Å². The van der Waals surface area contributed by atoms with Gasteiger partial charge in [-0.3, -0.25) is 0 Å². The number of azide groups is 1. The van der Waals surface area contributed by atoms with Crippen molar-refractivity contribution in [2.75, 3.05) is 14.2 Å². The fourth-order valence-corrected chi connectivity index (χ4v) is 4.21. The van der Waals surface area contributed by atoms with E-state index in [0.29, 0.717) is 11.3 Å². The number of halogens is 1. The van der Waals surface area contributed by atoms with Gasteiger partial charge in [0.25, 0.3) is 0 Å². The third-order valence-electron chi connectivity index (χ3n) is 4.03. The van der Waals surface area contributed by atoms with Gasteiger partial charge in [0.15, 0.2) is 11.5 Å². The minimum absolute atomic E-state index is 0. The fourth-order valence-electron chi connectivity index (χ4n) is 2.73. The number of hydrogen-bond acceptors (Lipinski definition) is 7. The van der Waals surface area contributed by atoms with Crippen molar-refractivity contribution >= 4 is 36.2 Å². The van der Waals surface area contributed by atoms with E-state index in [0.717, 1.165) is 0 Å². The second kappa shape index (κ2) is 14.1. The summed E-state index contributed by atoms with van der Waals surface area (Å²) in [6.07, 6.45) is 0. The number of ether oxygens (including phenoxy) is 2. The van der Waals surface area contributed by atoms with Gasteiger partial charge >= 0.3 is 17.1 Å². The summed E-state index contributed by atoms with van der Waals surface area (Å²) in [7, 11) is -2.65. The summed E-state index contributed by atoms with van der Waals surface area (Å²) in [5, 5.41) is 3.71. The molecule has 33 heavy (non-hydrogen) atoms. The van der Waals surface area contributed by atoms with E-state index < -0.39 is 13.9 Å². The number of rotatable bonds is 8. The molecule has 12 heteroatoms. The average molecular weight is 623 g/mol. The number of phosphoric ester groups is 1. The Hall–Kier alpha value is -2.23. The van der Waals surface area contributed by atoms with Crippen LogP contribution in [-0.4, -0.2) is 14.2 Å². The number of para-hydroxylation sites is 1. The molecule has 174 valence electrons. The maximum absolute atomic E-state index is 11.4. The Kier molecular flexibility index (Phi) is 12.3. The first kappa shape index (κ1) is 28.8. The number of hydrogen-bond donors (Lipinski definition) is 0. The summed E-state index contributed by atoms with van der Waals surface area (Å²) in [6.45, 7) is 0. The van der Waals surface area contributed by atoms with Crippen LogP contribution in [0.15, 0.2) is 81.5 Å². The molecule has 1 unspecified atom stereocenters. The number of benzene rings is 1. The van der Waals surface area contributed by atoms with Gasteiger partial charge in [0.05, 0.1) is 25.8 Å². The standard InChI is InChI=1S/C16H16IN3O6P.C5H5.Fe/c1-24-12-9-5-8-11(15(12)25-2)16(26-27(21,22)23)13(17)14(19-20-18)10-6-3-4-7-10;1-2-4-5-3-1;/h3-9,14H,1-2H3,(H2,21,22,23);1-5H;/q2*-1;+4/p-2. The van der Waals surface area contributed by atoms with Crippen LogP contribution in [0.2, 0.25) is 0 Å². The Balaban J connectivity index is 0.000000799. The van der Waals surface area contributed by atoms with E-state index in [1.807, 2.05) is 30.3 Å². The molecule has 0 aromatic heterocycles. The second-order valence-corrected chi connectivity index (χ2v) is 8.28. The molecule has 0 radical (unpaired) electrons. The van der Waals surface area contributed by atoms with Crippen molar-refractivity contribution in [3.05, 3.63) is 97.9 Å². The van der Waals surface area contributed by atoms with Crippen molar-refractivity contribution in [3.63, 3.8) is 0 Å². The van der Waals surface area contributed by atoms with E-state index in [4.69, 9.17) is 19.5 Å². The van der Waals surface area contributed by atoms with Crippen molar-refractivity contribution in [3.8, 4) is 11.5 Å². The van der Waals surface area contributed by atoms with Crippen molar-refractivity contribution in [2.45, 2.75) is 6.04 Å². The molecule has 3 aromatic carbocycles. The molecule has 0 amide bonds. The Labute approximate surface area is 215 Å². The Morgan fingerprint density at radius 3 is 2.24 bits per heavy atom. The first-order chi connectivity index (χ1) is 15.3. The van der Waals surface area contributed by atoms with Crippen LogP contribution >= 0.6 is 30.4 Å². The Morgan fingerprint density at radius 2 is 1.79 bits per heavy atom. The van der Waals surface area contributed by atoms with Crippen LogP contribution < -0.4 is 19.3 Å². The molecule has 0 spiro atoms. The summed E-state index contributed by atoms with van der Waals surface area (Å²) in [6, 6.07) is 20.7. The van der Waals surface area contributed by atoms with Crippen molar-refractivity contribution in [2.24, 2.45) is 5.11 Å². The van der Waals surface area contributed by atoms with Crippen LogP contribution in [0.5, 0.6) is 11.5 Å². The normalized spacial score (nSPS) is 12.0. The summed E-state index contributed by atoms with van der Waals surface area (Å²) >= 11 is 1.78. The minimum Gasteiger partial charge on any atom is -0.780 e. The van der Waals surface area contributed by atoms with Gasteiger partial charge in [0.2, 0.25) is 0 Å². The molecule has 3 aromatic rings. The molecular weight excluding hydrogens is 604 g/mol. The molecule has 9 nitrogen and oxygen atoms in total. The largest absolute Gasteiger partial charge is 4.00 e. The number of nitrogens with zero attached hydrogens (tertiary/aromatic N) is 3. The maximum atomic E-state index is 11.4. The number of phosphoric acid groups is 1. The van der Waals surface area contributed by atoms with Crippen LogP contribution in [0.1, 0.15) is 17.2 Å². The summed E-state index contributed by atoms with van der Waals surface area (Å²) in [4.78, 5) is 25.6. The third kappa shape index (κ3) is 8.57. The van der Waals surface area contributed by atoms with Crippen LogP contribution in [0, 0.1) is 0 Å². The Bertz CT molecular complexity index is 1090. The van der Waals surface area contributed by atoms with Crippen molar-refractivity contribution in [1.29, 1.82) is 0 Å². The molecule has 0 N–H and O–H groups in total. The molecule has 0 aliphatic rings. The van der Waals surface area contributed by atoms with Gasteiger partial charge in [-0.1, -0.05) is 11.2 Å². The summed E-state index contributed by atoms with van der Waals surface area (Å²) < 4.78 is 26.8. The van der Waals surface area contributed by atoms with E-state index in [2.05, 4.69) is 10.0 Å². The zero-order valence-electron chi connectivity index (χ0n) is 17.5. The number of methoxy groups -OCH3 is 2. The molecule has 0 fully saturated rings. The Morgan fingerprint density at radius 1 is 1.15 bits per heavy atom. The molecule has 0 saturated carbocycles. The predicted molar refractivity (Wildman–Crippen MR) is 125 cm³/mol. The predicted octanol–water partition coefficient (Wildman–Crippen LogP) is 4.83. The monoisotopic (exact) mass is 623 g/mol. The van der Waals surface area contributed by atoms with Crippen LogP contribution in [0.25, 0.3) is 16.2 Å². The molecule has 0 saturated heterocycles. The smallest absolute Gasteiger partial charge is 0.780 e. The summed E-state index contributed by atoms with van der Waals surface area (Å²) in [5.74, 6) is 0.179. The molecular formula is C21H19FeIN3O6P. The fraction of sp³-hybridized carbons (Fsp3) is 0.143. The minimum atomic E-state index is -5.42. The van der Waals surface area contributed by atoms with E-state index >= 15 is 0 Å². The van der Waals surface area contributed by atoms with Gasteiger partial charge in [0, 0.05) is 8.49 Å². The van der Waals surface area contributed by atoms with E-state index in [1.165, 1.54) is 20.3 Å². The van der Waals surface area contributed by atoms with Gasteiger partial charge in [-0.05, 0) is 40.3 Å². The second-order valence-electron chi connectivity index (χ2n) is 6.04. The van der Waals surface area contributed by atoms with Crippen LogP contribution in [0.3, 0.4) is 0 Å². The first-order valence-electron chi connectivity index (χ1n) is 9.07. The molecule has 0 aliphatic heterocycles. The van der Waals surface area contributed by atoms with Crippen LogP contribution in [0.4, 0.5) is 0 Å². The topological polar surface area (TPSA) is 140 Å². The van der Waals surface area contributed by atoms with Gasteiger partial charge in [-0.25, -0.2) is 24.3 Å². The van der Waals surface area contributed by atoms with E-state index in [-0.39, 0.29) is 37.7 Å². The van der Waals surface area contributed by atoms with Gasteiger partial charge in [0.1, 0.15) is 13.6 Å². The molecule has 1 atom stereocenters. The van der Waals surface area contributed by atoms with Gasteiger partial charge in [-0.2, -0.15) is 30.3 Å². The van der Waals surface area contributed by atoms with E-state index in [1.54, 1.807) is 59.0 Å². The van der Waals surface area contributed by atoms with Crippen molar-refractivity contribution in [1.82, 2.24) is 0 Å². The quantitative estimate of drug-likeness (QED) is 0.0515. The zero-order valence-corrected chi connectivity index (χ0v) is 21.6. The van der Waals surface area contributed by atoms with E-state index in [9.17, 15) is 14.4 Å².